The van der Waals surface area contributed by atoms with Crippen molar-refractivity contribution in [3.05, 3.63) is 89.5 Å². The summed E-state index contributed by atoms with van der Waals surface area (Å²) < 4.78 is 59.6. The maximum absolute atomic E-state index is 12.7. The molecule has 0 heterocycles. The SMILES string of the molecule is CCc1ccc(S(=O)(=O)Nc2ccc(N(C)Cc3ccccc3)c(C(=O)O)c2)cc1.O=C(O)C(F)(F)F. The van der Waals surface area contributed by atoms with Gasteiger partial charge in [-0.05, 0) is 47.9 Å². The quantitative estimate of drug-likeness (QED) is 0.368. The maximum Gasteiger partial charge on any atom is 0.490 e. The lowest BCUT2D eigenvalue weighted by molar-refractivity contribution is -0.192. The highest BCUT2D eigenvalue weighted by atomic mass is 32.2. The van der Waals surface area contributed by atoms with Crippen LogP contribution in [0.4, 0.5) is 24.5 Å². The van der Waals surface area contributed by atoms with Gasteiger partial charge in [0.1, 0.15) is 0 Å². The molecule has 3 N–H and O–H groups in total. The van der Waals surface area contributed by atoms with E-state index in [0.717, 1.165) is 17.5 Å². The summed E-state index contributed by atoms with van der Waals surface area (Å²) in [6.07, 6.45) is -4.27. The Balaban J connectivity index is 0.000000604. The molecule has 0 aliphatic heterocycles. The van der Waals surface area contributed by atoms with Crippen LogP contribution in [-0.4, -0.2) is 43.8 Å². The van der Waals surface area contributed by atoms with E-state index in [-0.39, 0.29) is 16.1 Å². The Labute approximate surface area is 212 Å². The summed E-state index contributed by atoms with van der Waals surface area (Å²) in [5.41, 5.74) is 2.80. The van der Waals surface area contributed by atoms with Crippen molar-refractivity contribution in [2.24, 2.45) is 0 Å². The molecule has 0 spiro atoms. The number of sulfonamides is 1. The molecule has 0 aliphatic carbocycles. The summed E-state index contributed by atoms with van der Waals surface area (Å²) in [6.45, 7) is 2.52. The van der Waals surface area contributed by atoms with Gasteiger partial charge in [-0.25, -0.2) is 18.0 Å². The number of nitrogens with zero attached hydrogens (tertiary/aromatic N) is 1. The molecule has 3 rings (SSSR count). The predicted octanol–water partition coefficient (Wildman–Crippen LogP) is 5.02. The molecule has 0 aliphatic rings. The lowest BCUT2D eigenvalue weighted by atomic mass is 10.1. The molecule has 0 amide bonds. The van der Waals surface area contributed by atoms with Gasteiger partial charge in [-0.3, -0.25) is 4.72 Å². The summed E-state index contributed by atoms with van der Waals surface area (Å²) in [7, 11) is -2.02. The number of rotatable bonds is 8. The van der Waals surface area contributed by atoms with Crippen LogP contribution in [0.2, 0.25) is 0 Å². The van der Waals surface area contributed by atoms with Crippen molar-refractivity contribution < 1.29 is 41.4 Å². The van der Waals surface area contributed by atoms with Crippen molar-refractivity contribution >= 4 is 33.3 Å². The zero-order chi connectivity index (χ0) is 27.8. The van der Waals surface area contributed by atoms with Crippen molar-refractivity contribution in [3.8, 4) is 0 Å². The minimum Gasteiger partial charge on any atom is -0.478 e. The molecular formula is C25H25F3N2O6S. The molecular weight excluding hydrogens is 513 g/mol. The molecule has 0 atom stereocenters. The van der Waals surface area contributed by atoms with Crippen LogP contribution in [0.15, 0.2) is 77.7 Å². The highest BCUT2D eigenvalue weighted by Gasteiger charge is 2.38. The predicted molar refractivity (Wildman–Crippen MR) is 132 cm³/mol. The van der Waals surface area contributed by atoms with Gasteiger partial charge < -0.3 is 15.1 Å². The van der Waals surface area contributed by atoms with Gasteiger partial charge in [-0.15, -0.1) is 0 Å². The molecule has 198 valence electrons. The Kier molecular flexibility index (Phi) is 9.67. The first-order valence-corrected chi connectivity index (χ1v) is 12.3. The fourth-order valence-corrected chi connectivity index (χ4v) is 4.21. The standard InChI is InChI=1S/C23H24N2O4S.C2HF3O2/c1-3-17-9-12-20(13-10-17)30(28,29)24-19-11-14-22(21(15-19)23(26)27)25(2)16-18-7-5-4-6-8-18;3-2(4,5)1(6)7/h4-15,24H,3,16H2,1-2H3,(H,26,27);(H,6,7). The number of carboxylic acids is 2. The molecule has 12 heteroatoms. The van der Waals surface area contributed by atoms with Crippen LogP contribution in [-0.2, 0) is 27.8 Å². The Morgan fingerprint density at radius 3 is 1.97 bits per heavy atom. The van der Waals surface area contributed by atoms with E-state index in [4.69, 9.17) is 9.90 Å². The third-order valence-corrected chi connectivity index (χ3v) is 6.43. The lowest BCUT2D eigenvalue weighted by Gasteiger charge is -2.22. The molecule has 37 heavy (non-hydrogen) atoms. The summed E-state index contributed by atoms with van der Waals surface area (Å²) in [5.74, 6) is -3.88. The van der Waals surface area contributed by atoms with E-state index in [2.05, 4.69) is 4.72 Å². The fourth-order valence-electron chi connectivity index (χ4n) is 3.16. The Hall–Kier alpha value is -4.06. The van der Waals surface area contributed by atoms with Crippen molar-refractivity contribution in [2.75, 3.05) is 16.7 Å². The van der Waals surface area contributed by atoms with Gasteiger partial charge in [-0.1, -0.05) is 49.4 Å². The summed E-state index contributed by atoms with van der Waals surface area (Å²) >= 11 is 0. The van der Waals surface area contributed by atoms with Crippen LogP contribution in [0, 0.1) is 0 Å². The molecule has 8 nitrogen and oxygen atoms in total. The second-order valence-corrected chi connectivity index (χ2v) is 9.47. The van der Waals surface area contributed by atoms with Gasteiger partial charge in [0.05, 0.1) is 16.1 Å². The van der Waals surface area contributed by atoms with Crippen LogP contribution in [0.25, 0.3) is 0 Å². The first-order valence-electron chi connectivity index (χ1n) is 10.8. The summed E-state index contributed by atoms with van der Waals surface area (Å²) in [4.78, 5) is 22.7. The minimum atomic E-state index is -5.08. The number of hydrogen-bond acceptors (Lipinski definition) is 5. The summed E-state index contributed by atoms with van der Waals surface area (Å²) in [5, 5.41) is 16.8. The number of halogens is 3. The molecule has 0 fully saturated rings. The van der Waals surface area contributed by atoms with E-state index in [1.54, 1.807) is 43.4 Å². The number of carboxylic acid groups (broad SMARTS) is 2. The van der Waals surface area contributed by atoms with Gasteiger partial charge in [0.15, 0.2) is 0 Å². The number of benzene rings is 3. The van der Waals surface area contributed by atoms with Crippen molar-refractivity contribution in [2.45, 2.75) is 31.0 Å². The molecule has 3 aromatic rings. The Morgan fingerprint density at radius 2 is 1.49 bits per heavy atom. The lowest BCUT2D eigenvalue weighted by Crippen LogP contribution is -2.21. The number of carbonyl (C=O) groups is 2. The molecule has 0 bridgehead atoms. The number of anilines is 2. The van der Waals surface area contributed by atoms with Gasteiger partial charge in [-0.2, -0.15) is 13.2 Å². The highest BCUT2D eigenvalue weighted by Crippen LogP contribution is 2.27. The average Bonchev–Trinajstić information content (AvgIpc) is 2.84. The number of nitrogens with one attached hydrogen (secondary N) is 1. The zero-order valence-electron chi connectivity index (χ0n) is 19.9. The van der Waals surface area contributed by atoms with Gasteiger partial charge in [0.25, 0.3) is 10.0 Å². The molecule has 0 unspecified atom stereocenters. The topological polar surface area (TPSA) is 124 Å². The van der Waals surface area contributed by atoms with E-state index >= 15 is 0 Å². The monoisotopic (exact) mass is 538 g/mol. The number of aryl methyl sites for hydroxylation is 1. The number of alkyl halides is 3. The summed E-state index contributed by atoms with van der Waals surface area (Å²) in [6, 6.07) is 20.8. The van der Waals surface area contributed by atoms with Gasteiger partial charge in [0, 0.05) is 19.3 Å². The van der Waals surface area contributed by atoms with Crippen LogP contribution in [0.1, 0.15) is 28.4 Å². The number of hydrogen-bond donors (Lipinski definition) is 3. The van der Waals surface area contributed by atoms with Crippen LogP contribution >= 0.6 is 0 Å². The van der Waals surface area contributed by atoms with Crippen molar-refractivity contribution in [3.63, 3.8) is 0 Å². The third-order valence-electron chi connectivity index (χ3n) is 5.04. The number of aromatic carboxylic acids is 1. The van der Waals surface area contributed by atoms with Gasteiger partial charge >= 0.3 is 18.1 Å². The second kappa shape index (κ2) is 12.3. The molecule has 0 saturated heterocycles. The Bertz CT molecular complexity index is 1330. The fraction of sp³-hybridized carbons (Fsp3) is 0.200. The zero-order valence-corrected chi connectivity index (χ0v) is 20.7. The first kappa shape index (κ1) is 29.2. The smallest absolute Gasteiger partial charge is 0.478 e. The van der Waals surface area contributed by atoms with Crippen LogP contribution < -0.4 is 9.62 Å². The third kappa shape index (κ3) is 8.53. The molecule has 0 radical (unpaired) electrons. The largest absolute Gasteiger partial charge is 0.490 e. The van der Waals surface area contributed by atoms with Crippen molar-refractivity contribution in [1.29, 1.82) is 0 Å². The maximum atomic E-state index is 12.7. The van der Waals surface area contributed by atoms with E-state index < -0.39 is 28.1 Å². The van der Waals surface area contributed by atoms with E-state index in [1.807, 2.05) is 42.2 Å². The Morgan fingerprint density at radius 1 is 0.919 bits per heavy atom. The van der Waals surface area contributed by atoms with E-state index in [1.165, 1.54) is 6.07 Å². The van der Waals surface area contributed by atoms with E-state index in [9.17, 15) is 31.5 Å². The van der Waals surface area contributed by atoms with Crippen LogP contribution in [0.3, 0.4) is 0 Å². The molecule has 0 saturated carbocycles. The van der Waals surface area contributed by atoms with E-state index in [0.29, 0.717) is 12.2 Å². The molecule has 0 aromatic heterocycles. The van der Waals surface area contributed by atoms with Gasteiger partial charge in [0.2, 0.25) is 0 Å². The second-order valence-electron chi connectivity index (χ2n) is 7.78. The highest BCUT2D eigenvalue weighted by molar-refractivity contribution is 7.92. The minimum absolute atomic E-state index is 0.0231. The van der Waals surface area contributed by atoms with Crippen LogP contribution in [0.5, 0.6) is 0 Å². The van der Waals surface area contributed by atoms with Crippen molar-refractivity contribution in [1.82, 2.24) is 0 Å². The normalized spacial score (nSPS) is 11.2. The number of aliphatic carboxylic acids is 1. The molecule has 3 aromatic carbocycles. The first-order chi connectivity index (χ1) is 17.2. The average molecular weight is 539 g/mol.